The Balaban J connectivity index is 1.92. The minimum atomic E-state index is -0.475. The fraction of sp³-hybridized carbons (Fsp3) is 0.100. The average Bonchev–Trinajstić information content (AvgIpc) is 3.03. The molecule has 0 saturated carbocycles. The van der Waals surface area contributed by atoms with Crippen LogP contribution in [0.1, 0.15) is 11.1 Å². The summed E-state index contributed by atoms with van der Waals surface area (Å²) in [6.07, 6.45) is 3.36. The summed E-state index contributed by atoms with van der Waals surface area (Å²) in [4.78, 5) is 15.6. The molecule has 0 bridgehead atoms. The summed E-state index contributed by atoms with van der Waals surface area (Å²) in [5, 5.41) is 13.1. The van der Waals surface area contributed by atoms with Crippen molar-refractivity contribution in [3.63, 3.8) is 0 Å². The summed E-state index contributed by atoms with van der Waals surface area (Å²) < 4.78 is 5.26. The number of methoxy groups -OCH3 is 1. The van der Waals surface area contributed by atoms with E-state index in [0.29, 0.717) is 11.4 Å². The van der Waals surface area contributed by atoms with E-state index in [4.69, 9.17) is 4.74 Å². The molecule has 2 N–H and O–H groups in total. The van der Waals surface area contributed by atoms with Crippen LogP contribution in [0, 0.1) is 18.3 Å². The number of H-pyrrole nitrogens is 1. The number of nitrogens with one attached hydrogen (secondary N) is 2. The van der Waals surface area contributed by atoms with Crippen molar-refractivity contribution < 1.29 is 9.53 Å². The number of benzene rings is 2. The van der Waals surface area contributed by atoms with Gasteiger partial charge in [-0.25, -0.2) is 0 Å². The first kappa shape index (κ1) is 16.3. The molecule has 2 aromatic carbocycles. The number of hydrogen-bond acceptors (Lipinski definition) is 3. The van der Waals surface area contributed by atoms with E-state index in [1.54, 1.807) is 24.4 Å². The predicted molar refractivity (Wildman–Crippen MR) is 98.2 cm³/mol. The van der Waals surface area contributed by atoms with Crippen LogP contribution in [0.25, 0.3) is 17.0 Å². The Kier molecular flexibility index (Phi) is 4.53. The number of aromatic nitrogens is 1. The highest BCUT2D eigenvalue weighted by Gasteiger charge is 2.13. The van der Waals surface area contributed by atoms with Gasteiger partial charge in [0.05, 0.1) is 12.8 Å². The number of nitrogens with zero attached hydrogens (tertiary/aromatic N) is 1. The summed E-state index contributed by atoms with van der Waals surface area (Å²) in [6, 6.07) is 15.2. The molecular formula is C20H17N3O2. The van der Waals surface area contributed by atoms with Crippen LogP contribution in [0.3, 0.4) is 0 Å². The molecule has 0 atom stereocenters. The maximum Gasteiger partial charge on any atom is 0.266 e. The third-order valence-corrected chi connectivity index (χ3v) is 3.89. The van der Waals surface area contributed by atoms with Gasteiger partial charge in [0.25, 0.3) is 5.91 Å². The molecule has 1 heterocycles. The number of carbonyl (C=O) groups is 1. The first-order chi connectivity index (χ1) is 12.1. The largest absolute Gasteiger partial charge is 0.495 e. The number of carbonyl (C=O) groups excluding carboxylic acids is 1. The maximum absolute atomic E-state index is 12.5. The van der Waals surface area contributed by atoms with Crippen LogP contribution in [0.15, 0.2) is 54.2 Å². The molecule has 3 rings (SSSR count). The second-order valence-electron chi connectivity index (χ2n) is 5.62. The zero-order valence-electron chi connectivity index (χ0n) is 14.0. The van der Waals surface area contributed by atoms with E-state index in [2.05, 4.69) is 10.3 Å². The van der Waals surface area contributed by atoms with Crippen LogP contribution in [0.4, 0.5) is 5.69 Å². The fourth-order valence-corrected chi connectivity index (χ4v) is 2.63. The molecule has 0 aliphatic heterocycles. The van der Waals surface area contributed by atoms with Gasteiger partial charge in [-0.15, -0.1) is 0 Å². The average molecular weight is 331 g/mol. The van der Waals surface area contributed by atoms with Gasteiger partial charge < -0.3 is 15.0 Å². The Bertz CT molecular complexity index is 1010. The van der Waals surface area contributed by atoms with Crippen LogP contribution in [-0.4, -0.2) is 18.0 Å². The van der Waals surface area contributed by atoms with Gasteiger partial charge in [0.2, 0.25) is 0 Å². The number of ether oxygens (including phenoxy) is 1. The quantitative estimate of drug-likeness (QED) is 0.559. The predicted octanol–water partition coefficient (Wildman–Crippen LogP) is 4.03. The van der Waals surface area contributed by atoms with Gasteiger partial charge in [0.15, 0.2) is 0 Å². The summed E-state index contributed by atoms with van der Waals surface area (Å²) in [6.45, 7) is 1.92. The third kappa shape index (κ3) is 3.38. The number of hydrogen-bond donors (Lipinski definition) is 2. The molecule has 5 heteroatoms. The van der Waals surface area contributed by atoms with Gasteiger partial charge >= 0.3 is 0 Å². The topological polar surface area (TPSA) is 77.9 Å². The minimum absolute atomic E-state index is 0.0216. The Hall–Kier alpha value is -3.52. The van der Waals surface area contributed by atoms with Gasteiger partial charge in [-0.2, -0.15) is 5.26 Å². The van der Waals surface area contributed by atoms with Crippen molar-refractivity contribution in [1.82, 2.24) is 4.98 Å². The number of nitriles is 1. The van der Waals surface area contributed by atoms with E-state index < -0.39 is 5.91 Å². The van der Waals surface area contributed by atoms with Crippen molar-refractivity contribution in [2.45, 2.75) is 6.92 Å². The number of para-hydroxylation sites is 1. The van der Waals surface area contributed by atoms with Crippen LogP contribution < -0.4 is 10.1 Å². The molecule has 0 aliphatic carbocycles. The second-order valence-corrected chi connectivity index (χ2v) is 5.62. The lowest BCUT2D eigenvalue weighted by atomic mass is 10.1. The van der Waals surface area contributed by atoms with Crippen molar-refractivity contribution in [3.8, 4) is 11.8 Å². The maximum atomic E-state index is 12.5. The number of amides is 1. The second kappa shape index (κ2) is 6.93. The van der Waals surface area contributed by atoms with Gasteiger partial charge in [0.1, 0.15) is 17.4 Å². The Morgan fingerprint density at radius 1 is 1.28 bits per heavy atom. The van der Waals surface area contributed by atoms with Crippen molar-refractivity contribution in [2.75, 3.05) is 12.4 Å². The van der Waals surface area contributed by atoms with Gasteiger partial charge in [-0.05, 0) is 36.8 Å². The van der Waals surface area contributed by atoms with Crippen LogP contribution in [0.5, 0.6) is 5.75 Å². The lowest BCUT2D eigenvalue weighted by Crippen LogP contribution is -2.14. The first-order valence-electron chi connectivity index (χ1n) is 7.76. The summed E-state index contributed by atoms with van der Waals surface area (Å²) in [5.74, 6) is 0.0695. The molecular weight excluding hydrogens is 314 g/mol. The van der Waals surface area contributed by atoms with Crippen LogP contribution in [0.2, 0.25) is 0 Å². The van der Waals surface area contributed by atoms with E-state index in [1.807, 2.05) is 43.3 Å². The highest BCUT2D eigenvalue weighted by molar-refractivity contribution is 6.11. The van der Waals surface area contributed by atoms with Crippen molar-refractivity contribution in [2.24, 2.45) is 0 Å². The lowest BCUT2D eigenvalue weighted by molar-refractivity contribution is -0.112. The van der Waals surface area contributed by atoms with E-state index in [1.165, 1.54) is 7.11 Å². The molecule has 3 aromatic rings. The SMILES string of the molecule is COc1ccc(C)cc1NC(=O)/C(C#N)=C/c1c[nH]c2ccccc12. The molecule has 0 spiro atoms. The summed E-state index contributed by atoms with van der Waals surface area (Å²) in [5.41, 5.74) is 3.28. The van der Waals surface area contributed by atoms with E-state index in [9.17, 15) is 10.1 Å². The zero-order chi connectivity index (χ0) is 17.8. The van der Waals surface area contributed by atoms with Crippen molar-refractivity contribution >= 4 is 28.6 Å². The van der Waals surface area contributed by atoms with E-state index in [-0.39, 0.29) is 5.57 Å². The van der Waals surface area contributed by atoms with Crippen molar-refractivity contribution in [3.05, 3.63) is 65.4 Å². The number of anilines is 1. The molecule has 25 heavy (non-hydrogen) atoms. The van der Waals surface area contributed by atoms with Crippen LogP contribution >= 0.6 is 0 Å². The lowest BCUT2D eigenvalue weighted by Gasteiger charge is -2.10. The Labute approximate surface area is 145 Å². The Morgan fingerprint density at radius 2 is 2.08 bits per heavy atom. The molecule has 0 saturated heterocycles. The Morgan fingerprint density at radius 3 is 2.84 bits per heavy atom. The number of rotatable bonds is 4. The fourth-order valence-electron chi connectivity index (χ4n) is 2.63. The molecule has 124 valence electrons. The third-order valence-electron chi connectivity index (χ3n) is 3.89. The molecule has 0 fully saturated rings. The monoisotopic (exact) mass is 331 g/mol. The van der Waals surface area contributed by atoms with Gasteiger partial charge in [-0.1, -0.05) is 24.3 Å². The highest BCUT2D eigenvalue weighted by Crippen LogP contribution is 2.26. The van der Waals surface area contributed by atoms with E-state index in [0.717, 1.165) is 22.0 Å². The first-order valence-corrected chi connectivity index (χ1v) is 7.76. The minimum Gasteiger partial charge on any atom is -0.495 e. The smallest absolute Gasteiger partial charge is 0.266 e. The molecule has 0 radical (unpaired) electrons. The van der Waals surface area contributed by atoms with E-state index >= 15 is 0 Å². The number of fused-ring (bicyclic) bond motifs is 1. The highest BCUT2D eigenvalue weighted by atomic mass is 16.5. The molecule has 0 unspecified atom stereocenters. The summed E-state index contributed by atoms with van der Waals surface area (Å²) >= 11 is 0. The zero-order valence-corrected chi connectivity index (χ0v) is 14.0. The molecule has 5 nitrogen and oxygen atoms in total. The van der Waals surface area contributed by atoms with Crippen LogP contribution in [-0.2, 0) is 4.79 Å². The molecule has 1 amide bonds. The molecule has 0 aliphatic rings. The normalized spacial score (nSPS) is 11.2. The summed E-state index contributed by atoms with van der Waals surface area (Å²) in [7, 11) is 1.54. The van der Waals surface area contributed by atoms with Crippen molar-refractivity contribution in [1.29, 1.82) is 5.26 Å². The van der Waals surface area contributed by atoms with Gasteiger partial charge in [0, 0.05) is 22.7 Å². The standard InChI is InChI=1S/C20H17N3O2/c1-13-7-8-19(25-2)18(9-13)23-20(24)14(11-21)10-15-12-22-17-6-4-3-5-16(15)17/h3-10,12,22H,1-2H3,(H,23,24)/b14-10+. The van der Waals surface area contributed by atoms with Gasteiger partial charge in [-0.3, -0.25) is 4.79 Å². The number of aromatic amines is 1. The molecule has 1 aromatic heterocycles. The number of aryl methyl sites for hydroxylation is 1.